The maximum absolute atomic E-state index is 2.50. The summed E-state index contributed by atoms with van der Waals surface area (Å²) in [4.78, 5) is 0. The van der Waals surface area contributed by atoms with Crippen LogP contribution < -0.4 is 0 Å². The van der Waals surface area contributed by atoms with Crippen molar-refractivity contribution in [1.29, 1.82) is 0 Å². The third-order valence-corrected chi connectivity index (χ3v) is 12.0. The molecule has 4 aromatic carbocycles. The third kappa shape index (κ3) is 10.2. The molecule has 0 spiro atoms. The molecule has 0 aliphatic rings. The molecule has 0 aliphatic heterocycles. The molecule has 0 aromatic heterocycles. The minimum Gasteiger partial charge on any atom is -0.0561 e. The molecule has 0 atom stereocenters. The molecule has 294 valence electrons. The summed E-state index contributed by atoms with van der Waals surface area (Å²) < 4.78 is 0. The number of rotatable bonds is 6. The molecule has 0 aliphatic carbocycles. The van der Waals surface area contributed by atoms with E-state index in [0.717, 1.165) is 19.3 Å². The minimum absolute atomic E-state index is 0.0787. The average molecular weight is 727 g/mol. The molecule has 0 radical (unpaired) electrons. The van der Waals surface area contributed by atoms with Crippen molar-refractivity contribution in [3.63, 3.8) is 0 Å². The summed E-state index contributed by atoms with van der Waals surface area (Å²) in [5.41, 5.74) is 22.2. The Balaban J connectivity index is 2.04. The molecule has 0 saturated heterocycles. The highest BCUT2D eigenvalue weighted by Gasteiger charge is 2.26. The van der Waals surface area contributed by atoms with Crippen LogP contribution in [0.3, 0.4) is 0 Å². The Bertz CT molecular complexity index is 1630. The van der Waals surface area contributed by atoms with Gasteiger partial charge in [0.15, 0.2) is 0 Å². The first-order valence-corrected chi connectivity index (χ1v) is 20.8. The van der Waals surface area contributed by atoms with Gasteiger partial charge < -0.3 is 0 Å². The van der Waals surface area contributed by atoms with Gasteiger partial charge in [-0.3, -0.25) is 0 Å². The van der Waals surface area contributed by atoms with Crippen molar-refractivity contribution in [3.8, 4) is 0 Å². The molecule has 4 aromatic rings. The van der Waals surface area contributed by atoms with Crippen LogP contribution in [0, 0.1) is 20.8 Å². The first kappa shape index (κ1) is 43.6. The Labute approximate surface area is 334 Å². The fraction of sp³-hybridized carbons (Fsp3) is 0.556. The summed E-state index contributed by atoms with van der Waals surface area (Å²) in [6.45, 7) is 49.6. The number of hydrogen-bond acceptors (Lipinski definition) is 0. The molecule has 0 bridgehead atoms. The maximum atomic E-state index is 2.50. The predicted octanol–water partition coefficient (Wildman–Crippen LogP) is 15.2. The van der Waals surface area contributed by atoms with Gasteiger partial charge in [-0.1, -0.05) is 179 Å². The van der Waals surface area contributed by atoms with Gasteiger partial charge in [-0.15, -0.1) is 0 Å². The Morgan fingerprint density at radius 1 is 0.259 bits per heavy atom. The topological polar surface area (TPSA) is 0 Å². The monoisotopic (exact) mass is 727 g/mol. The van der Waals surface area contributed by atoms with Gasteiger partial charge in [0.2, 0.25) is 0 Å². The average Bonchev–Trinajstić information content (AvgIpc) is 3.00. The van der Waals surface area contributed by atoms with Crippen molar-refractivity contribution in [1.82, 2.24) is 0 Å². The van der Waals surface area contributed by atoms with Crippen LogP contribution in [0.5, 0.6) is 0 Å². The van der Waals surface area contributed by atoms with Crippen LogP contribution in [0.2, 0.25) is 0 Å². The van der Waals surface area contributed by atoms with E-state index in [9.17, 15) is 0 Å². The summed E-state index contributed by atoms with van der Waals surface area (Å²) in [5.74, 6) is 0. The van der Waals surface area contributed by atoms with E-state index in [1.807, 2.05) is 0 Å². The number of hydrogen-bond donors (Lipinski definition) is 0. The fourth-order valence-electron chi connectivity index (χ4n) is 7.78. The smallest absolute Gasteiger partial charge is 0.00201 e. The van der Waals surface area contributed by atoms with Crippen molar-refractivity contribution in [2.75, 3.05) is 0 Å². The Kier molecular flexibility index (Phi) is 11.9. The van der Waals surface area contributed by atoms with Crippen molar-refractivity contribution in [3.05, 3.63) is 138 Å². The second kappa shape index (κ2) is 14.8. The molecule has 0 N–H and O–H groups in total. The lowest BCUT2D eigenvalue weighted by Crippen LogP contribution is -2.18. The maximum Gasteiger partial charge on any atom is -0.00201 e. The Morgan fingerprint density at radius 2 is 0.407 bits per heavy atom. The molecule has 0 saturated carbocycles. The van der Waals surface area contributed by atoms with Gasteiger partial charge in [-0.2, -0.15) is 0 Å². The van der Waals surface area contributed by atoms with Gasteiger partial charge in [0, 0.05) is 0 Å². The number of benzene rings is 4. The zero-order valence-electron chi connectivity index (χ0n) is 38.8. The van der Waals surface area contributed by atoms with E-state index in [-0.39, 0.29) is 32.5 Å². The summed E-state index contributed by atoms with van der Waals surface area (Å²) >= 11 is 0. The van der Waals surface area contributed by atoms with Crippen molar-refractivity contribution in [2.24, 2.45) is 0 Å². The van der Waals surface area contributed by atoms with Crippen LogP contribution in [0.4, 0.5) is 0 Å². The molecule has 0 heterocycles. The van der Waals surface area contributed by atoms with Crippen LogP contribution >= 0.6 is 0 Å². The molecular formula is C54H78. The summed E-state index contributed by atoms with van der Waals surface area (Å²) in [6.07, 6.45) is 2.82. The SMILES string of the molecule is Cc1c(Cc2cc(C(C)(C)C)cc(C(C)(C)C)c2)c(C)c(Cc2cc(C(C)(C)C)cc(C(C)(C)C)c2)c(C)c1Cc1cc(C(C)(C)C)cc(C(C)(C)C)c1. The predicted molar refractivity (Wildman–Crippen MR) is 241 cm³/mol. The largest absolute Gasteiger partial charge is 0.0561 e. The van der Waals surface area contributed by atoms with Crippen molar-refractivity contribution in [2.45, 2.75) is 197 Å². The molecule has 0 heteroatoms. The first-order chi connectivity index (χ1) is 24.3. The van der Waals surface area contributed by atoms with Gasteiger partial charge in [0.1, 0.15) is 0 Å². The van der Waals surface area contributed by atoms with E-state index >= 15 is 0 Å². The molecular weight excluding hydrogens is 649 g/mol. The minimum atomic E-state index is 0.0787. The molecule has 0 nitrogen and oxygen atoms in total. The lowest BCUT2D eigenvalue weighted by atomic mass is 9.76. The van der Waals surface area contributed by atoms with E-state index in [2.05, 4.69) is 200 Å². The first-order valence-electron chi connectivity index (χ1n) is 20.8. The van der Waals surface area contributed by atoms with Crippen LogP contribution in [0.15, 0.2) is 54.6 Å². The van der Waals surface area contributed by atoms with Crippen LogP contribution in [0.25, 0.3) is 0 Å². The van der Waals surface area contributed by atoms with Gasteiger partial charge >= 0.3 is 0 Å². The summed E-state index contributed by atoms with van der Waals surface area (Å²) in [5, 5.41) is 0. The lowest BCUT2D eigenvalue weighted by molar-refractivity contribution is 0.566. The second-order valence-electron chi connectivity index (χ2n) is 23.1. The van der Waals surface area contributed by atoms with Crippen LogP contribution in [0.1, 0.15) is 208 Å². The third-order valence-electron chi connectivity index (χ3n) is 12.0. The highest BCUT2D eigenvalue weighted by Crippen LogP contribution is 2.38. The zero-order valence-corrected chi connectivity index (χ0v) is 38.8. The molecule has 0 amide bonds. The van der Waals surface area contributed by atoms with E-state index < -0.39 is 0 Å². The summed E-state index contributed by atoms with van der Waals surface area (Å²) in [6, 6.07) is 22.4. The van der Waals surface area contributed by atoms with E-state index in [4.69, 9.17) is 0 Å². The van der Waals surface area contributed by atoms with Crippen molar-refractivity contribution < 1.29 is 0 Å². The van der Waals surface area contributed by atoms with E-state index in [1.54, 1.807) is 0 Å². The summed E-state index contributed by atoms with van der Waals surface area (Å²) in [7, 11) is 0. The highest BCUT2D eigenvalue weighted by molar-refractivity contribution is 5.56. The lowest BCUT2D eigenvalue weighted by Gasteiger charge is -2.29. The molecule has 0 unspecified atom stereocenters. The van der Waals surface area contributed by atoms with Gasteiger partial charge in [0.25, 0.3) is 0 Å². The van der Waals surface area contributed by atoms with Crippen LogP contribution in [-0.4, -0.2) is 0 Å². The van der Waals surface area contributed by atoms with Gasteiger partial charge in [0.05, 0.1) is 0 Å². The second-order valence-corrected chi connectivity index (χ2v) is 23.1. The van der Waals surface area contributed by atoms with Gasteiger partial charge in [-0.05, 0) is 156 Å². The standard InChI is InChI=1S/C54H78/c1-34-46(28-37-22-40(49(4,5)6)31-41(23-37)50(7,8)9)35(2)48(30-39-26-44(53(16,17)18)33-45(27-39)54(19,20)21)36(3)47(34)29-38-24-42(51(10,11)12)32-43(25-38)52(13,14)15/h22-27,31-33H,28-30H2,1-21H3. The quantitative estimate of drug-likeness (QED) is 0.186. The Hall–Kier alpha value is -3.12. The van der Waals surface area contributed by atoms with E-state index in [1.165, 1.54) is 83.5 Å². The van der Waals surface area contributed by atoms with Gasteiger partial charge in [-0.25, -0.2) is 0 Å². The fourth-order valence-corrected chi connectivity index (χ4v) is 7.78. The normalized spacial score (nSPS) is 13.5. The Morgan fingerprint density at radius 3 is 0.537 bits per heavy atom. The molecule has 4 rings (SSSR count). The molecule has 0 fully saturated rings. The van der Waals surface area contributed by atoms with Crippen LogP contribution in [-0.2, 0) is 51.8 Å². The molecule has 54 heavy (non-hydrogen) atoms. The van der Waals surface area contributed by atoms with Crippen molar-refractivity contribution >= 4 is 0 Å². The zero-order chi connectivity index (χ0) is 41.1. The van der Waals surface area contributed by atoms with E-state index in [0.29, 0.717) is 0 Å². The highest BCUT2D eigenvalue weighted by atomic mass is 14.3.